The van der Waals surface area contributed by atoms with Gasteiger partial charge in [0.2, 0.25) is 5.91 Å². The molecule has 0 bridgehead atoms. The van der Waals surface area contributed by atoms with Gasteiger partial charge in [0.1, 0.15) is 11.6 Å². The highest BCUT2D eigenvalue weighted by Crippen LogP contribution is 2.48. The fraction of sp³-hybridized carbons (Fsp3) is 0.655. The molecule has 1 aromatic carbocycles. The predicted octanol–water partition coefficient (Wildman–Crippen LogP) is 7.02. The van der Waals surface area contributed by atoms with E-state index in [1.807, 2.05) is 32.9 Å². The molecule has 1 amide bonds. The van der Waals surface area contributed by atoms with Crippen molar-refractivity contribution in [3.63, 3.8) is 0 Å². The van der Waals surface area contributed by atoms with E-state index in [1.54, 1.807) is 0 Å². The lowest BCUT2D eigenvalue weighted by Gasteiger charge is -2.36. The van der Waals surface area contributed by atoms with E-state index < -0.39 is 0 Å². The van der Waals surface area contributed by atoms with E-state index in [1.165, 1.54) is 43.5 Å². The van der Waals surface area contributed by atoms with Crippen LogP contribution in [-0.2, 0) is 9.59 Å². The van der Waals surface area contributed by atoms with Crippen molar-refractivity contribution in [3.8, 4) is 0 Å². The van der Waals surface area contributed by atoms with Crippen LogP contribution in [0.4, 0.5) is 5.69 Å². The van der Waals surface area contributed by atoms with Crippen LogP contribution in [0.1, 0.15) is 120 Å². The Morgan fingerprint density at radius 2 is 1.83 bits per heavy atom. The van der Waals surface area contributed by atoms with Crippen LogP contribution < -0.4 is 5.32 Å². The third kappa shape index (κ3) is 7.90. The highest BCUT2D eigenvalue weighted by Gasteiger charge is 2.39. The number of hydrogen-bond acceptors (Lipinski definition) is 4. The van der Waals surface area contributed by atoms with Gasteiger partial charge in [-0.3, -0.25) is 9.59 Å². The van der Waals surface area contributed by atoms with Gasteiger partial charge in [0.15, 0.2) is 0 Å². The molecule has 7 nitrogen and oxygen atoms in total. The molecule has 2 aliphatic rings. The summed E-state index contributed by atoms with van der Waals surface area (Å²) in [7, 11) is 0. The monoisotopic (exact) mass is 498 g/mol. The minimum atomic E-state index is -0.250. The van der Waals surface area contributed by atoms with Crippen molar-refractivity contribution >= 4 is 18.1 Å². The highest BCUT2D eigenvalue weighted by molar-refractivity contribution is 5.92. The van der Waals surface area contributed by atoms with Gasteiger partial charge in [-0.2, -0.15) is 0 Å². The number of nitrogens with one attached hydrogen (secondary N) is 1. The lowest BCUT2D eigenvalue weighted by atomic mass is 9.71. The largest absolute Gasteiger partial charge is 0.483 e. The molecule has 1 unspecified atom stereocenters. The van der Waals surface area contributed by atoms with E-state index in [0.717, 1.165) is 35.3 Å². The Hall–Kier alpha value is -2.70. The molecular weight excluding hydrogens is 452 g/mol. The second-order valence-electron chi connectivity index (χ2n) is 10.5. The molecular formula is C29H46N4O3. The molecule has 7 heteroatoms. The lowest BCUT2D eigenvalue weighted by Crippen LogP contribution is -2.26. The Bertz CT molecular complexity index is 975. The number of hydrogen-bond donors (Lipinski definition) is 2. The average Bonchev–Trinajstić information content (AvgIpc) is 3.56. The number of benzene rings is 1. The molecule has 0 aliphatic heterocycles. The van der Waals surface area contributed by atoms with Crippen molar-refractivity contribution in [1.29, 1.82) is 0 Å². The molecule has 2 aromatic rings. The van der Waals surface area contributed by atoms with E-state index >= 15 is 0 Å². The van der Waals surface area contributed by atoms with Gasteiger partial charge in [-0.05, 0) is 75.8 Å². The molecule has 2 fully saturated rings. The first-order valence-corrected chi connectivity index (χ1v) is 13.7. The summed E-state index contributed by atoms with van der Waals surface area (Å²) >= 11 is 0. The van der Waals surface area contributed by atoms with Crippen LogP contribution in [0, 0.1) is 25.7 Å². The summed E-state index contributed by atoms with van der Waals surface area (Å²) in [6, 6.07) is 6.69. The second-order valence-corrected chi connectivity index (χ2v) is 10.5. The number of carboxylic acid groups (broad SMARTS) is 1. The summed E-state index contributed by atoms with van der Waals surface area (Å²) in [5.74, 6) is 4.54. The van der Waals surface area contributed by atoms with Crippen LogP contribution >= 0.6 is 0 Å². The Balaban J connectivity index is 0.000000850. The Morgan fingerprint density at radius 1 is 1.19 bits per heavy atom. The van der Waals surface area contributed by atoms with Crippen LogP contribution in [0.3, 0.4) is 0 Å². The van der Waals surface area contributed by atoms with Gasteiger partial charge in [0.05, 0.1) is 0 Å². The molecule has 200 valence electrons. The maximum Gasteiger partial charge on any atom is 0.290 e. The summed E-state index contributed by atoms with van der Waals surface area (Å²) in [4.78, 5) is 21.2. The van der Waals surface area contributed by atoms with Crippen LogP contribution in [0.2, 0.25) is 0 Å². The summed E-state index contributed by atoms with van der Waals surface area (Å²) in [5.41, 5.74) is 3.21. The van der Waals surface area contributed by atoms with Gasteiger partial charge in [-0.15, -0.1) is 10.2 Å². The molecule has 0 spiro atoms. The molecule has 2 saturated carbocycles. The highest BCUT2D eigenvalue weighted by atomic mass is 16.3. The first kappa shape index (κ1) is 29.5. The molecule has 2 N–H and O–H groups in total. The number of carbonyl (C=O) groups is 2. The minimum Gasteiger partial charge on any atom is -0.483 e. The molecule has 0 saturated heterocycles. The second kappa shape index (κ2) is 14.1. The van der Waals surface area contributed by atoms with Crippen molar-refractivity contribution in [2.75, 3.05) is 5.32 Å². The standard InChI is InChI=1S/C26H38N4O.C2H6.CH2O2/c1-6-20(15-24(31)27-23-10-7-17(4)12-18(23)5)25-28-29-26(30(25)22-8-9-22)21-13-19(14-21)11-16(2)3;1-2;2-1-3/h7,10,12,16,19-22H,6,8-9,11,13-15H2,1-5H3,(H,27,31);1-2H3;1H,(H,2,3). The predicted molar refractivity (Wildman–Crippen MR) is 145 cm³/mol. The van der Waals surface area contributed by atoms with Crippen LogP contribution in [-0.4, -0.2) is 32.3 Å². The molecule has 0 radical (unpaired) electrons. The van der Waals surface area contributed by atoms with Crippen molar-refractivity contribution in [3.05, 3.63) is 41.0 Å². The molecule has 2 aliphatic carbocycles. The Kier molecular flexibility index (Phi) is 11.6. The first-order valence-electron chi connectivity index (χ1n) is 13.7. The third-order valence-electron chi connectivity index (χ3n) is 7.01. The van der Waals surface area contributed by atoms with E-state index in [-0.39, 0.29) is 18.3 Å². The number of anilines is 1. The SMILES string of the molecule is CC.CCC(CC(=O)Nc1ccc(C)cc1C)c1nnc(C2CC(CC(C)C)C2)n1C1CC1.O=CO. The van der Waals surface area contributed by atoms with Crippen molar-refractivity contribution < 1.29 is 14.7 Å². The summed E-state index contributed by atoms with van der Waals surface area (Å²) < 4.78 is 2.43. The molecule has 1 heterocycles. The maximum atomic E-state index is 12.9. The summed E-state index contributed by atoms with van der Waals surface area (Å²) in [6.45, 7) is 14.6. The molecule has 1 aromatic heterocycles. The zero-order chi connectivity index (χ0) is 26.8. The normalized spacial score (nSPS) is 19.2. The lowest BCUT2D eigenvalue weighted by molar-refractivity contribution is -0.123. The Labute approximate surface area is 217 Å². The van der Waals surface area contributed by atoms with E-state index in [4.69, 9.17) is 9.90 Å². The topological polar surface area (TPSA) is 97.1 Å². The average molecular weight is 499 g/mol. The fourth-order valence-electron chi connectivity index (χ4n) is 5.18. The van der Waals surface area contributed by atoms with E-state index in [2.05, 4.69) is 53.8 Å². The van der Waals surface area contributed by atoms with Crippen molar-refractivity contribution in [1.82, 2.24) is 14.8 Å². The van der Waals surface area contributed by atoms with E-state index in [9.17, 15) is 4.79 Å². The van der Waals surface area contributed by atoms with Crippen molar-refractivity contribution in [2.45, 2.75) is 111 Å². The van der Waals surface area contributed by atoms with E-state index in [0.29, 0.717) is 18.4 Å². The number of nitrogens with zero attached hydrogens (tertiary/aromatic N) is 3. The molecule has 36 heavy (non-hydrogen) atoms. The van der Waals surface area contributed by atoms with Gasteiger partial charge < -0.3 is 15.0 Å². The van der Waals surface area contributed by atoms with Gasteiger partial charge >= 0.3 is 0 Å². The van der Waals surface area contributed by atoms with Gasteiger partial charge in [0.25, 0.3) is 6.47 Å². The van der Waals surface area contributed by atoms with Gasteiger partial charge in [0, 0.05) is 30.0 Å². The van der Waals surface area contributed by atoms with Crippen LogP contribution in [0.25, 0.3) is 0 Å². The summed E-state index contributed by atoms with van der Waals surface area (Å²) in [6.07, 6.45) is 7.58. The number of aryl methyl sites for hydroxylation is 2. The fourth-order valence-corrected chi connectivity index (χ4v) is 5.18. The Morgan fingerprint density at radius 3 is 2.36 bits per heavy atom. The maximum absolute atomic E-state index is 12.9. The first-order chi connectivity index (χ1) is 17.3. The minimum absolute atomic E-state index is 0.0614. The van der Waals surface area contributed by atoms with Crippen molar-refractivity contribution in [2.24, 2.45) is 11.8 Å². The zero-order valence-electron chi connectivity index (χ0n) is 23.3. The van der Waals surface area contributed by atoms with Crippen LogP contribution in [0.15, 0.2) is 18.2 Å². The van der Waals surface area contributed by atoms with Crippen LogP contribution in [0.5, 0.6) is 0 Å². The number of amides is 1. The zero-order valence-corrected chi connectivity index (χ0v) is 23.3. The number of carbonyl (C=O) groups excluding carboxylic acids is 1. The smallest absolute Gasteiger partial charge is 0.290 e. The summed E-state index contributed by atoms with van der Waals surface area (Å²) in [5, 5.41) is 19.3. The quantitative estimate of drug-likeness (QED) is 0.362. The molecule has 4 rings (SSSR count). The number of rotatable bonds is 9. The van der Waals surface area contributed by atoms with Gasteiger partial charge in [-0.1, -0.05) is 52.3 Å². The molecule has 1 atom stereocenters. The third-order valence-corrected chi connectivity index (χ3v) is 7.01. The number of aromatic nitrogens is 3. The van der Waals surface area contributed by atoms with Gasteiger partial charge in [-0.25, -0.2) is 0 Å².